The molecule has 4 rings (SSSR count). The Morgan fingerprint density at radius 1 is 1.03 bits per heavy atom. The Bertz CT molecular complexity index is 1390. The molecule has 2 N–H and O–H groups in total. The normalized spacial score (nSPS) is 11.3. The van der Waals surface area contributed by atoms with Crippen LogP contribution < -0.4 is 10.0 Å². The lowest BCUT2D eigenvalue weighted by Crippen LogP contribution is -2.16. The third kappa shape index (κ3) is 4.96. The smallest absolute Gasteiger partial charge is 0.293 e. The summed E-state index contributed by atoms with van der Waals surface area (Å²) >= 11 is 5.96. The number of nitrogens with zero attached hydrogens (tertiary/aromatic N) is 3. The molecule has 1 amide bonds. The number of carbonyl (C=O) groups excluding carboxylic acids is 1. The predicted molar refractivity (Wildman–Crippen MR) is 121 cm³/mol. The van der Waals surface area contributed by atoms with Gasteiger partial charge in [0.05, 0.1) is 23.1 Å². The Hall–Kier alpha value is -3.56. The summed E-state index contributed by atoms with van der Waals surface area (Å²) in [6.45, 7) is 0. The van der Waals surface area contributed by atoms with Gasteiger partial charge in [-0.15, -0.1) is 0 Å². The van der Waals surface area contributed by atoms with Gasteiger partial charge in [0.2, 0.25) is 15.8 Å². The van der Waals surface area contributed by atoms with Gasteiger partial charge in [0.15, 0.2) is 0 Å². The zero-order valence-corrected chi connectivity index (χ0v) is 17.8. The maximum Gasteiger partial charge on any atom is 0.293 e. The van der Waals surface area contributed by atoms with Crippen LogP contribution in [0.1, 0.15) is 10.6 Å². The minimum atomic E-state index is -3.43. The van der Waals surface area contributed by atoms with E-state index in [-0.39, 0.29) is 5.82 Å². The molecule has 10 heteroatoms. The number of carbonyl (C=O) groups is 1. The lowest BCUT2D eigenvalue weighted by Gasteiger charge is -2.11. The van der Waals surface area contributed by atoms with Crippen molar-refractivity contribution >= 4 is 49.8 Å². The van der Waals surface area contributed by atoms with E-state index in [1.54, 1.807) is 48.8 Å². The van der Waals surface area contributed by atoms with Crippen LogP contribution >= 0.6 is 11.6 Å². The second-order valence-electron chi connectivity index (χ2n) is 6.72. The molecule has 2 aromatic carbocycles. The van der Waals surface area contributed by atoms with Crippen molar-refractivity contribution in [2.75, 3.05) is 16.3 Å². The van der Waals surface area contributed by atoms with Crippen LogP contribution in [0.4, 0.5) is 11.4 Å². The van der Waals surface area contributed by atoms with Crippen LogP contribution in [0.3, 0.4) is 0 Å². The van der Waals surface area contributed by atoms with Gasteiger partial charge in [0.25, 0.3) is 5.91 Å². The topological polar surface area (TPSA) is 114 Å². The average molecular weight is 454 g/mol. The molecule has 0 fully saturated rings. The molecule has 0 bridgehead atoms. The fourth-order valence-corrected chi connectivity index (χ4v) is 3.63. The molecule has 8 nitrogen and oxygen atoms in total. The molecule has 0 atom stereocenters. The summed E-state index contributed by atoms with van der Waals surface area (Å²) in [7, 11) is -3.43. The molecule has 0 spiro atoms. The number of hydrogen-bond donors (Lipinski definition) is 2. The summed E-state index contributed by atoms with van der Waals surface area (Å²) in [5.74, 6) is -0.562. The first-order chi connectivity index (χ1) is 14.8. The van der Waals surface area contributed by atoms with E-state index in [0.29, 0.717) is 32.9 Å². The lowest BCUT2D eigenvalue weighted by atomic mass is 10.1. The second-order valence-corrected chi connectivity index (χ2v) is 8.91. The molecule has 2 aromatic heterocycles. The van der Waals surface area contributed by atoms with Crippen LogP contribution in [0.25, 0.3) is 22.0 Å². The van der Waals surface area contributed by atoms with Gasteiger partial charge < -0.3 is 5.32 Å². The molecule has 4 aromatic rings. The number of sulfonamides is 1. The molecule has 0 saturated carbocycles. The van der Waals surface area contributed by atoms with Crippen molar-refractivity contribution in [3.63, 3.8) is 0 Å². The molecular weight excluding hydrogens is 438 g/mol. The highest BCUT2D eigenvalue weighted by atomic mass is 35.5. The van der Waals surface area contributed by atoms with E-state index >= 15 is 0 Å². The number of rotatable bonds is 5. The quantitative estimate of drug-likeness (QED) is 0.472. The standard InChI is InChI=1S/C21H16ClN5O3S/c1-31(29,30)27-16-7-4-14-11-24-20(25-19(14)10-16)21(28)26-18-8-9-23-12-17(18)13-2-5-15(22)6-3-13/h2-12,27H,1H3,(H,23,26,28). The Balaban J connectivity index is 1.64. The molecule has 0 saturated heterocycles. The highest BCUT2D eigenvalue weighted by Crippen LogP contribution is 2.28. The van der Waals surface area contributed by atoms with Gasteiger partial charge in [-0.3, -0.25) is 14.5 Å². The van der Waals surface area contributed by atoms with Crippen molar-refractivity contribution in [3.05, 3.63) is 78.0 Å². The Labute approximate surface area is 183 Å². The van der Waals surface area contributed by atoms with Crippen molar-refractivity contribution in [1.29, 1.82) is 0 Å². The summed E-state index contributed by atoms with van der Waals surface area (Å²) in [6.07, 6.45) is 5.78. The van der Waals surface area contributed by atoms with E-state index in [2.05, 4.69) is 25.0 Å². The zero-order valence-electron chi connectivity index (χ0n) is 16.2. The number of pyridine rings is 1. The Morgan fingerprint density at radius 2 is 1.81 bits per heavy atom. The Kier molecular flexibility index (Phi) is 5.53. The number of halogens is 1. The maximum absolute atomic E-state index is 12.8. The van der Waals surface area contributed by atoms with Gasteiger partial charge in [-0.1, -0.05) is 23.7 Å². The summed E-state index contributed by atoms with van der Waals surface area (Å²) in [4.78, 5) is 25.4. The van der Waals surface area contributed by atoms with Gasteiger partial charge in [-0.05, 0) is 42.0 Å². The molecule has 0 radical (unpaired) electrons. The summed E-state index contributed by atoms with van der Waals surface area (Å²) in [5, 5.41) is 4.08. The fourth-order valence-electron chi connectivity index (χ4n) is 2.95. The monoisotopic (exact) mass is 453 g/mol. The fraction of sp³-hybridized carbons (Fsp3) is 0.0476. The number of nitrogens with one attached hydrogen (secondary N) is 2. The van der Waals surface area contributed by atoms with Gasteiger partial charge >= 0.3 is 0 Å². The number of anilines is 2. The first kappa shape index (κ1) is 20.7. The highest BCUT2D eigenvalue weighted by molar-refractivity contribution is 7.92. The third-order valence-electron chi connectivity index (χ3n) is 4.31. The average Bonchev–Trinajstić information content (AvgIpc) is 2.73. The van der Waals surface area contributed by atoms with Crippen molar-refractivity contribution in [1.82, 2.24) is 15.0 Å². The number of hydrogen-bond acceptors (Lipinski definition) is 6. The summed E-state index contributed by atoms with van der Waals surface area (Å²) in [5.41, 5.74) is 2.87. The van der Waals surface area contributed by atoms with Gasteiger partial charge in [0, 0.05) is 34.6 Å². The highest BCUT2D eigenvalue weighted by Gasteiger charge is 2.14. The Morgan fingerprint density at radius 3 is 2.55 bits per heavy atom. The summed E-state index contributed by atoms with van der Waals surface area (Å²) < 4.78 is 25.3. The van der Waals surface area contributed by atoms with Crippen LogP contribution in [-0.4, -0.2) is 35.5 Å². The number of benzene rings is 2. The van der Waals surface area contributed by atoms with Gasteiger partial charge in [0.1, 0.15) is 0 Å². The van der Waals surface area contributed by atoms with E-state index in [9.17, 15) is 13.2 Å². The maximum atomic E-state index is 12.8. The first-order valence-corrected chi connectivity index (χ1v) is 11.3. The van der Waals surface area contributed by atoms with Crippen molar-refractivity contribution in [2.45, 2.75) is 0 Å². The zero-order chi connectivity index (χ0) is 22.0. The van der Waals surface area contributed by atoms with Crippen molar-refractivity contribution in [2.24, 2.45) is 0 Å². The summed E-state index contributed by atoms with van der Waals surface area (Å²) in [6, 6.07) is 13.7. The number of aromatic nitrogens is 3. The van der Waals surface area contributed by atoms with Crippen LogP contribution in [0.15, 0.2) is 67.1 Å². The van der Waals surface area contributed by atoms with Crippen LogP contribution in [0, 0.1) is 0 Å². The van der Waals surface area contributed by atoms with Crippen molar-refractivity contribution < 1.29 is 13.2 Å². The van der Waals surface area contributed by atoms with E-state index in [4.69, 9.17) is 11.6 Å². The number of fused-ring (bicyclic) bond motifs is 1. The second kappa shape index (κ2) is 8.29. The minimum absolute atomic E-state index is 0.0529. The van der Waals surface area contributed by atoms with Crippen LogP contribution in [-0.2, 0) is 10.0 Å². The molecule has 0 aliphatic rings. The van der Waals surface area contributed by atoms with Gasteiger partial charge in [-0.25, -0.2) is 18.4 Å². The molecule has 0 aliphatic carbocycles. The van der Waals surface area contributed by atoms with E-state index in [1.807, 2.05) is 12.1 Å². The molecule has 2 heterocycles. The first-order valence-electron chi connectivity index (χ1n) is 9.04. The molecule has 156 valence electrons. The molecule has 0 unspecified atom stereocenters. The minimum Gasteiger partial charge on any atom is -0.319 e. The van der Waals surface area contributed by atoms with E-state index in [1.165, 1.54) is 6.20 Å². The van der Waals surface area contributed by atoms with Crippen LogP contribution in [0.2, 0.25) is 5.02 Å². The van der Waals surface area contributed by atoms with Crippen molar-refractivity contribution in [3.8, 4) is 11.1 Å². The predicted octanol–water partition coefficient (Wildman–Crippen LogP) is 3.97. The molecule has 0 aliphatic heterocycles. The number of amides is 1. The van der Waals surface area contributed by atoms with E-state index in [0.717, 1.165) is 11.8 Å². The van der Waals surface area contributed by atoms with E-state index < -0.39 is 15.9 Å². The molecular formula is C21H16ClN5O3S. The van der Waals surface area contributed by atoms with Crippen LogP contribution in [0.5, 0.6) is 0 Å². The van der Waals surface area contributed by atoms with Gasteiger partial charge in [-0.2, -0.15) is 0 Å². The third-order valence-corrected chi connectivity index (χ3v) is 5.17. The largest absolute Gasteiger partial charge is 0.319 e. The SMILES string of the molecule is CS(=O)(=O)Nc1ccc2cnc(C(=O)Nc3ccncc3-c3ccc(Cl)cc3)nc2c1. The molecule has 31 heavy (non-hydrogen) atoms. The lowest BCUT2D eigenvalue weighted by molar-refractivity contribution is 0.101.